The Balaban J connectivity index is 1.51. The van der Waals surface area contributed by atoms with Crippen LogP contribution in [0.5, 0.6) is 17.2 Å². The minimum atomic E-state index is -4.83. The van der Waals surface area contributed by atoms with Crippen LogP contribution in [0, 0.1) is 3.57 Å². The first-order valence-corrected chi connectivity index (χ1v) is 20.4. The van der Waals surface area contributed by atoms with Crippen molar-refractivity contribution in [3.05, 3.63) is 87.0 Å². The fourth-order valence-electron chi connectivity index (χ4n) is 6.54. The molecule has 6 rings (SSSR count). The SMILES string of the molecule is C[Si](C)(C)OC1(C(F)(F)F)c2cc(OC3CCCCO3)ccc2OC(c2ccc(I)cc2)C1c1ccc(OC2CCCCO2)cc1. The summed E-state index contributed by atoms with van der Waals surface area (Å²) >= 11 is 2.19. The van der Waals surface area contributed by atoms with Crippen LogP contribution in [0.25, 0.3) is 0 Å². The first-order chi connectivity index (χ1) is 21.9. The molecule has 2 saturated heterocycles. The van der Waals surface area contributed by atoms with Crippen molar-refractivity contribution in [2.45, 2.75) is 94.5 Å². The zero-order valence-electron chi connectivity index (χ0n) is 26.3. The van der Waals surface area contributed by atoms with Crippen molar-refractivity contribution in [3.8, 4) is 17.2 Å². The van der Waals surface area contributed by atoms with Gasteiger partial charge in [-0.2, -0.15) is 13.2 Å². The molecular formula is C35H40F3IO6Si. The largest absolute Gasteiger partial charge is 0.485 e. The monoisotopic (exact) mass is 768 g/mol. The summed E-state index contributed by atoms with van der Waals surface area (Å²) < 4.78 is 86.3. The van der Waals surface area contributed by atoms with Gasteiger partial charge in [0.25, 0.3) is 0 Å². The standard InChI is InChI=1S/C35H40F3IO6Si/c1-46(2,3)45-34(35(36,37)38)28-22-27(43-31-9-5-7-21-41-31)18-19-29(28)44-33(24-10-14-25(39)15-11-24)32(34)23-12-16-26(17-13-23)42-30-8-4-6-20-40-30/h10-19,22,30-33H,4-9,20-21H2,1-3H3. The molecular weight excluding hydrogens is 728 g/mol. The van der Waals surface area contributed by atoms with Crippen molar-refractivity contribution in [1.29, 1.82) is 0 Å². The Hall–Kier alpha value is -2.32. The number of alkyl halides is 3. The second-order valence-electron chi connectivity index (χ2n) is 13.1. The Kier molecular flexibility index (Phi) is 9.97. The summed E-state index contributed by atoms with van der Waals surface area (Å²) in [6.07, 6.45) is -1.46. The first-order valence-electron chi connectivity index (χ1n) is 15.9. The molecule has 5 atom stereocenters. The lowest BCUT2D eigenvalue weighted by atomic mass is 9.70. The van der Waals surface area contributed by atoms with E-state index >= 15 is 13.2 Å². The molecule has 3 aromatic carbocycles. The predicted molar refractivity (Wildman–Crippen MR) is 179 cm³/mol. The molecule has 5 unspecified atom stereocenters. The molecule has 3 aliphatic heterocycles. The smallest absolute Gasteiger partial charge is 0.421 e. The molecule has 0 bridgehead atoms. The lowest BCUT2D eigenvalue weighted by Gasteiger charge is -2.51. The van der Waals surface area contributed by atoms with Crippen molar-refractivity contribution >= 4 is 30.9 Å². The van der Waals surface area contributed by atoms with Gasteiger partial charge in [-0.25, -0.2) is 0 Å². The van der Waals surface area contributed by atoms with E-state index in [1.165, 1.54) is 6.07 Å². The minimum absolute atomic E-state index is 0.0987. The van der Waals surface area contributed by atoms with E-state index in [9.17, 15) is 0 Å². The third kappa shape index (κ3) is 7.23. The highest BCUT2D eigenvalue weighted by molar-refractivity contribution is 14.1. The first kappa shape index (κ1) is 33.6. The maximum absolute atomic E-state index is 16.2. The third-order valence-electron chi connectivity index (χ3n) is 8.48. The van der Waals surface area contributed by atoms with Crippen LogP contribution in [0.2, 0.25) is 19.6 Å². The van der Waals surface area contributed by atoms with Crippen molar-refractivity contribution in [2.24, 2.45) is 0 Å². The van der Waals surface area contributed by atoms with Gasteiger partial charge in [-0.15, -0.1) is 0 Å². The minimum Gasteiger partial charge on any atom is -0.485 e. The number of fused-ring (bicyclic) bond motifs is 1. The van der Waals surface area contributed by atoms with Gasteiger partial charge in [0, 0.05) is 22.0 Å². The molecule has 248 valence electrons. The Bertz CT molecular complexity index is 1470. The normalized spacial score (nSPS) is 26.9. The summed E-state index contributed by atoms with van der Waals surface area (Å²) in [7, 11) is -2.89. The Morgan fingerprint density at radius 1 is 0.761 bits per heavy atom. The van der Waals surface area contributed by atoms with Crippen LogP contribution in [0.4, 0.5) is 13.2 Å². The summed E-state index contributed by atoms with van der Waals surface area (Å²) in [4.78, 5) is 0. The van der Waals surface area contributed by atoms with E-state index in [2.05, 4.69) is 22.6 Å². The third-order valence-corrected chi connectivity index (χ3v) is 10.1. The van der Waals surface area contributed by atoms with Crippen molar-refractivity contribution in [1.82, 2.24) is 0 Å². The van der Waals surface area contributed by atoms with Crippen LogP contribution in [0.3, 0.4) is 0 Å². The lowest BCUT2D eigenvalue weighted by molar-refractivity contribution is -0.280. The number of hydrogen-bond acceptors (Lipinski definition) is 6. The van der Waals surface area contributed by atoms with Gasteiger partial charge in [0.15, 0.2) is 26.5 Å². The zero-order valence-corrected chi connectivity index (χ0v) is 29.4. The van der Waals surface area contributed by atoms with Crippen LogP contribution in [-0.4, -0.2) is 40.3 Å². The molecule has 11 heteroatoms. The number of hydrogen-bond donors (Lipinski definition) is 0. The average Bonchev–Trinajstić information content (AvgIpc) is 3.02. The highest BCUT2D eigenvalue weighted by atomic mass is 127. The Labute approximate surface area is 283 Å². The van der Waals surface area contributed by atoms with Crippen LogP contribution in [0.1, 0.15) is 67.2 Å². The molecule has 0 saturated carbocycles. The van der Waals surface area contributed by atoms with Gasteiger partial charge in [-0.3, -0.25) is 0 Å². The van der Waals surface area contributed by atoms with E-state index in [1.807, 2.05) is 24.3 Å². The number of ether oxygens (including phenoxy) is 5. The number of halogens is 4. The van der Waals surface area contributed by atoms with Crippen LogP contribution in [-0.2, 0) is 19.5 Å². The second kappa shape index (κ2) is 13.7. The molecule has 3 aromatic rings. The van der Waals surface area contributed by atoms with Gasteiger partial charge in [-0.05, 0) is 122 Å². The topological polar surface area (TPSA) is 55.4 Å². The molecule has 3 heterocycles. The zero-order chi connectivity index (χ0) is 32.5. The maximum atomic E-state index is 16.2. The van der Waals surface area contributed by atoms with Crippen molar-refractivity contribution in [3.63, 3.8) is 0 Å². The summed E-state index contributed by atoms with van der Waals surface area (Å²) in [5.41, 5.74) is -1.81. The van der Waals surface area contributed by atoms with E-state index in [-0.39, 0.29) is 23.4 Å². The highest BCUT2D eigenvalue weighted by Gasteiger charge is 2.68. The molecule has 0 spiro atoms. The van der Waals surface area contributed by atoms with E-state index in [0.29, 0.717) is 36.5 Å². The molecule has 0 N–H and O–H groups in total. The Morgan fingerprint density at radius 3 is 1.87 bits per heavy atom. The molecule has 0 amide bonds. The van der Waals surface area contributed by atoms with Crippen molar-refractivity contribution < 1.29 is 41.3 Å². The molecule has 3 aliphatic rings. The maximum Gasteiger partial charge on any atom is 0.421 e. The number of benzene rings is 3. The number of rotatable bonds is 8. The summed E-state index contributed by atoms with van der Waals surface area (Å²) in [5, 5.41) is 0. The van der Waals surface area contributed by atoms with Crippen LogP contribution >= 0.6 is 22.6 Å². The fourth-order valence-corrected chi connectivity index (χ4v) is 8.22. The molecule has 46 heavy (non-hydrogen) atoms. The lowest BCUT2D eigenvalue weighted by Crippen LogP contribution is -2.58. The van der Waals surface area contributed by atoms with E-state index in [0.717, 1.165) is 35.7 Å². The van der Waals surface area contributed by atoms with Gasteiger partial charge in [0.2, 0.25) is 0 Å². The quantitative estimate of drug-likeness (QED) is 0.168. The Morgan fingerprint density at radius 2 is 1.33 bits per heavy atom. The van der Waals surface area contributed by atoms with Gasteiger partial charge in [-0.1, -0.05) is 24.3 Å². The van der Waals surface area contributed by atoms with E-state index in [4.69, 9.17) is 28.1 Å². The summed E-state index contributed by atoms with van der Waals surface area (Å²) in [6, 6.07) is 18.9. The molecule has 2 fully saturated rings. The molecule has 0 aromatic heterocycles. The van der Waals surface area contributed by atoms with E-state index in [1.54, 1.807) is 56.0 Å². The molecule has 0 radical (unpaired) electrons. The predicted octanol–water partition coefficient (Wildman–Crippen LogP) is 9.63. The highest BCUT2D eigenvalue weighted by Crippen LogP contribution is 2.63. The fraction of sp³-hybridized carbons (Fsp3) is 0.486. The molecule has 6 nitrogen and oxygen atoms in total. The second-order valence-corrected chi connectivity index (χ2v) is 18.7. The summed E-state index contributed by atoms with van der Waals surface area (Å²) in [5.74, 6) is -0.370. The van der Waals surface area contributed by atoms with Gasteiger partial charge < -0.3 is 28.1 Å². The van der Waals surface area contributed by atoms with E-state index < -0.39 is 38.4 Å². The van der Waals surface area contributed by atoms with Gasteiger partial charge in [0.05, 0.1) is 19.1 Å². The average molecular weight is 769 g/mol. The van der Waals surface area contributed by atoms with Gasteiger partial charge >= 0.3 is 6.18 Å². The van der Waals surface area contributed by atoms with Gasteiger partial charge in [0.1, 0.15) is 23.4 Å². The summed E-state index contributed by atoms with van der Waals surface area (Å²) in [6.45, 7) is 6.52. The van der Waals surface area contributed by atoms with Crippen molar-refractivity contribution in [2.75, 3.05) is 13.2 Å². The van der Waals surface area contributed by atoms with Crippen LogP contribution in [0.15, 0.2) is 66.7 Å². The van der Waals surface area contributed by atoms with Crippen LogP contribution < -0.4 is 14.2 Å². The molecule has 0 aliphatic carbocycles.